The lowest BCUT2D eigenvalue weighted by Crippen LogP contribution is -2.15. The van der Waals surface area contributed by atoms with Crippen LogP contribution in [0.2, 0.25) is 0 Å². The quantitative estimate of drug-likeness (QED) is 0.738. The van der Waals surface area contributed by atoms with E-state index in [1.54, 1.807) is 29.8 Å². The summed E-state index contributed by atoms with van der Waals surface area (Å²) in [7, 11) is 1.28. The summed E-state index contributed by atoms with van der Waals surface area (Å²) in [4.78, 5) is 24.2. The number of benzene rings is 1. The molecule has 1 amide bonds. The van der Waals surface area contributed by atoms with Gasteiger partial charge in [0.2, 0.25) is 0 Å². The number of rotatable bonds is 4. The number of ether oxygens (including phenoxy) is 1. The molecule has 0 saturated carbocycles. The molecule has 0 unspecified atom stereocenters. The smallest absolute Gasteiger partial charge is 0.350 e. The predicted molar refractivity (Wildman–Crippen MR) is 87.1 cm³/mol. The standard InChI is InChI=1S/C16H12FN3O3S/c1-23-16(22)14-12(7-9-24-14)18-15(21)13-6-8-20(19-13)11-4-2-10(17)3-5-11/h2-9H,1H3,(H,18,21). The molecule has 0 saturated heterocycles. The molecule has 6 nitrogen and oxygen atoms in total. The van der Waals surface area contributed by atoms with E-state index in [0.717, 1.165) is 0 Å². The van der Waals surface area contributed by atoms with Crippen molar-refractivity contribution >= 4 is 28.9 Å². The first-order chi connectivity index (χ1) is 11.6. The van der Waals surface area contributed by atoms with Gasteiger partial charge in [0.1, 0.15) is 10.7 Å². The zero-order valence-corrected chi connectivity index (χ0v) is 13.3. The van der Waals surface area contributed by atoms with Crippen molar-refractivity contribution in [2.75, 3.05) is 12.4 Å². The van der Waals surface area contributed by atoms with Crippen LogP contribution in [-0.2, 0) is 4.74 Å². The van der Waals surface area contributed by atoms with Crippen molar-refractivity contribution in [3.8, 4) is 5.69 Å². The number of carbonyl (C=O) groups excluding carboxylic acids is 2. The number of carbonyl (C=O) groups is 2. The molecule has 3 aromatic rings. The Hall–Kier alpha value is -3.00. The van der Waals surface area contributed by atoms with Crippen molar-refractivity contribution in [1.82, 2.24) is 9.78 Å². The monoisotopic (exact) mass is 345 g/mol. The van der Waals surface area contributed by atoms with Gasteiger partial charge < -0.3 is 10.1 Å². The molecule has 0 bridgehead atoms. The maximum absolute atomic E-state index is 12.9. The van der Waals surface area contributed by atoms with E-state index in [1.807, 2.05) is 0 Å². The number of amides is 1. The Balaban J connectivity index is 1.78. The van der Waals surface area contributed by atoms with Crippen LogP contribution in [0.15, 0.2) is 48.0 Å². The zero-order valence-electron chi connectivity index (χ0n) is 12.5. The SMILES string of the molecule is COC(=O)c1sccc1NC(=O)c1ccn(-c2ccc(F)cc2)n1. The van der Waals surface area contributed by atoms with Gasteiger partial charge in [-0.15, -0.1) is 11.3 Å². The molecule has 0 aliphatic heterocycles. The second-order valence-corrected chi connectivity index (χ2v) is 5.65. The molecule has 1 N–H and O–H groups in total. The van der Waals surface area contributed by atoms with Crippen molar-refractivity contribution in [2.45, 2.75) is 0 Å². The van der Waals surface area contributed by atoms with Crippen LogP contribution in [0.25, 0.3) is 5.69 Å². The number of nitrogens with zero attached hydrogens (tertiary/aromatic N) is 2. The van der Waals surface area contributed by atoms with Crippen LogP contribution in [0.4, 0.5) is 10.1 Å². The van der Waals surface area contributed by atoms with Gasteiger partial charge in [-0.05, 0) is 41.8 Å². The number of hydrogen-bond donors (Lipinski definition) is 1. The van der Waals surface area contributed by atoms with Crippen molar-refractivity contribution in [3.05, 3.63) is 64.4 Å². The molecule has 0 spiro atoms. The first-order valence-electron chi connectivity index (χ1n) is 6.87. The van der Waals surface area contributed by atoms with Gasteiger partial charge >= 0.3 is 5.97 Å². The molecule has 2 heterocycles. The fraction of sp³-hybridized carbons (Fsp3) is 0.0625. The van der Waals surface area contributed by atoms with Crippen LogP contribution in [0.5, 0.6) is 0 Å². The molecule has 122 valence electrons. The Labute approximate surface area is 140 Å². The van der Waals surface area contributed by atoms with Crippen molar-refractivity contribution in [2.24, 2.45) is 0 Å². The van der Waals surface area contributed by atoms with E-state index < -0.39 is 11.9 Å². The van der Waals surface area contributed by atoms with E-state index in [0.29, 0.717) is 16.3 Å². The summed E-state index contributed by atoms with van der Waals surface area (Å²) in [6, 6.07) is 8.88. The van der Waals surface area contributed by atoms with Crippen LogP contribution < -0.4 is 5.32 Å². The molecule has 0 atom stereocenters. The number of halogens is 1. The van der Waals surface area contributed by atoms with Gasteiger partial charge in [-0.2, -0.15) is 5.10 Å². The number of esters is 1. The minimum Gasteiger partial charge on any atom is -0.465 e. The number of hydrogen-bond acceptors (Lipinski definition) is 5. The fourth-order valence-electron chi connectivity index (χ4n) is 2.03. The van der Waals surface area contributed by atoms with Gasteiger partial charge in [0.25, 0.3) is 5.91 Å². The summed E-state index contributed by atoms with van der Waals surface area (Å²) in [5.41, 5.74) is 1.16. The van der Waals surface area contributed by atoms with Crippen LogP contribution >= 0.6 is 11.3 Å². The van der Waals surface area contributed by atoms with Gasteiger partial charge in [0.15, 0.2) is 5.69 Å². The Morgan fingerprint density at radius 3 is 2.67 bits per heavy atom. The normalized spacial score (nSPS) is 10.4. The summed E-state index contributed by atoms with van der Waals surface area (Å²) in [6.45, 7) is 0. The van der Waals surface area contributed by atoms with E-state index in [4.69, 9.17) is 0 Å². The molecule has 0 aliphatic rings. The third-order valence-electron chi connectivity index (χ3n) is 3.20. The number of aromatic nitrogens is 2. The van der Waals surface area contributed by atoms with Gasteiger partial charge in [0, 0.05) is 6.20 Å². The van der Waals surface area contributed by atoms with Gasteiger partial charge in [0.05, 0.1) is 18.5 Å². The summed E-state index contributed by atoms with van der Waals surface area (Å²) in [5.74, 6) is -1.33. The largest absolute Gasteiger partial charge is 0.465 e. The zero-order chi connectivity index (χ0) is 17.1. The molecular formula is C16H12FN3O3S. The highest BCUT2D eigenvalue weighted by molar-refractivity contribution is 7.12. The number of methoxy groups -OCH3 is 1. The van der Waals surface area contributed by atoms with Crippen LogP contribution in [-0.4, -0.2) is 28.8 Å². The maximum atomic E-state index is 12.9. The van der Waals surface area contributed by atoms with Gasteiger partial charge in [-0.3, -0.25) is 4.79 Å². The van der Waals surface area contributed by atoms with Crippen LogP contribution in [0, 0.1) is 5.82 Å². The lowest BCUT2D eigenvalue weighted by Gasteiger charge is -2.04. The topological polar surface area (TPSA) is 73.2 Å². The van der Waals surface area contributed by atoms with Crippen molar-refractivity contribution in [1.29, 1.82) is 0 Å². The molecule has 24 heavy (non-hydrogen) atoms. The van der Waals surface area contributed by atoms with E-state index in [2.05, 4.69) is 15.2 Å². The van der Waals surface area contributed by atoms with Crippen molar-refractivity contribution < 1.29 is 18.7 Å². The summed E-state index contributed by atoms with van der Waals surface area (Å²) >= 11 is 1.17. The van der Waals surface area contributed by atoms with Crippen LogP contribution in [0.1, 0.15) is 20.2 Å². The molecule has 3 rings (SSSR count). The summed E-state index contributed by atoms with van der Waals surface area (Å²) in [5, 5.41) is 8.47. The maximum Gasteiger partial charge on any atom is 0.350 e. The van der Waals surface area contributed by atoms with Gasteiger partial charge in [-0.25, -0.2) is 13.9 Å². The molecule has 2 aromatic heterocycles. The van der Waals surface area contributed by atoms with Gasteiger partial charge in [-0.1, -0.05) is 0 Å². The second kappa shape index (κ2) is 6.63. The average molecular weight is 345 g/mol. The minimum atomic E-state index is -0.517. The predicted octanol–water partition coefficient (Wildman–Crippen LogP) is 3.11. The highest BCUT2D eigenvalue weighted by atomic mass is 32.1. The first-order valence-corrected chi connectivity index (χ1v) is 7.75. The minimum absolute atomic E-state index is 0.168. The van der Waals surface area contributed by atoms with E-state index in [9.17, 15) is 14.0 Å². The molecular weight excluding hydrogens is 333 g/mol. The molecule has 8 heteroatoms. The fourth-order valence-corrected chi connectivity index (χ4v) is 2.79. The third kappa shape index (κ3) is 3.18. The summed E-state index contributed by atoms with van der Waals surface area (Å²) < 4.78 is 19.1. The highest BCUT2D eigenvalue weighted by Gasteiger charge is 2.17. The first kappa shape index (κ1) is 15.9. The number of nitrogens with one attached hydrogen (secondary N) is 1. The lowest BCUT2D eigenvalue weighted by molar-refractivity contribution is 0.0607. The Morgan fingerprint density at radius 1 is 1.21 bits per heavy atom. The highest BCUT2D eigenvalue weighted by Crippen LogP contribution is 2.23. The number of anilines is 1. The summed E-state index contributed by atoms with van der Waals surface area (Å²) in [6.07, 6.45) is 1.59. The number of thiophene rings is 1. The van der Waals surface area contributed by atoms with E-state index in [-0.39, 0.29) is 11.5 Å². The van der Waals surface area contributed by atoms with E-state index in [1.165, 1.54) is 41.3 Å². The molecule has 0 radical (unpaired) electrons. The second-order valence-electron chi connectivity index (χ2n) is 4.73. The Kier molecular flexibility index (Phi) is 4.39. The average Bonchev–Trinajstić information content (AvgIpc) is 3.24. The Bertz CT molecular complexity index is 886. The van der Waals surface area contributed by atoms with Crippen LogP contribution in [0.3, 0.4) is 0 Å². The molecule has 1 aromatic carbocycles. The molecule has 0 aliphatic carbocycles. The van der Waals surface area contributed by atoms with Crippen molar-refractivity contribution in [3.63, 3.8) is 0 Å². The third-order valence-corrected chi connectivity index (χ3v) is 4.09. The lowest BCUT2D eigenvalue weighted by atomic mass is 10.3. The molecule has 0 fully saturated rings. The Morgan fingerprint density at radius 2 is 1.96 bits per heavy atom. The van der Waals surface area contributed by atoms with E-state index >= 15 is 0 Å².